The minimum atomic E-state index is 0.00295. The number of halogens is 1. The summed E-state index contributed by atoms with van der Waals surface area (Å²) in [6.45, 7) is 0. The second kappa shape index (κ2) is 6.38. The van der Waals surface area contributed by atoms with Crippen LogP contribution in [0.3, 0.4) is 0 Å². The van der Waals surface area contributed by atoms with Crippen molar-refractivity contribution in [2.24, 2.45) is 5.10 Å². The van der Waals surface area contributed by atoms with Gasteiger partial charge in [0.1, 0.15) is 5.75 Å². The van der Waals surface area contributed by atoms with Crippen molar-refractivity contribution in [3.8, 4) is 17.2 Å². The van der Waals surface area contributed by atoms with Gasteiger partial charge >= 0.3 is 0 Å². The highest BCUT2D eigenvalue weighted by atomic mass is 35.5. The van der Waals surface area contributed by atoms with Gasteiger partial charge in [-0.1, -0.05) is 17.7 Å². The summed E-state index contributed by atoms with van der Waals surface area (Å²) in [5.74, 6) is 1.52. The number of benzene rings is 2. The number of phenols is 1. The third kappa shape index (κ3) is 3.05. The molecule has 2 aromatic carbocycles. The molecule has 0 unspecified atom stereocenters. The highest BCUT2D eigenvalue weighted by Gasteiger charge is 2.24. The van der Waals surface area contributed by atoms with Gasteiger partial charge in [-0.25, -0.2) is 0 Å². The van der Waals surface area contributed by atoms with Crippen LogP contribution in [0.2, 0.25) is 5.02 Å². The van der Waals surface area contributed by atoms with Gasteiger partial charge in [0.05, 0.1) is 26.0 Å². The van der Waals surface area contributed by atoms with E-state index in [1.165, 1.54) is 0 Å². The Kier molecular flexibility index (Phi) is 4.30. The van der Waals surface area contributed by atoms with Crippen molar-refractivity contribution in [1.29, 1.82) is 0 Å². The van der Waals surface area contributed by atoms with E-state index in [1.54, 1.807) is 32.4 Å². The van der Waals surface area contributed by atoms with Gasteiger partial charge in [0.25, 0.3) is 0 Å². The van der Waals surface area contributed by atoms with Crippen LogP contribution in [0.15, 0.2) is 41.5 Å². The number of methoxy groups -OCH3 is 2. The first kappa shape index (κ1) is 15.5. The van der Waals surface area contributed by atoms with Crippen LogP contribution in [0.25, 0.3) is 0 Å². The van der Waals surface area contributed by atoms with E-state index in [2.05, 4.69) is 10.5 Å². The molecule has 0 saturated carbocycles. The Morgan fingerprint density at radius 2 is 1.91 bits per heavy atom. The second-order valence-electron chi connectivity index (χ2n) is 5.22. The third-order valence-corrected chi connectivity index (χ3v) is 4.07. The number of hydrogen-bond acceptors (Lipinski definition) is 5. The quantitative estimate of drug-likeness (QED) is 0.899. The Morgan fingerprint density at radius 1 is 1.13 bits per heavy atom. The number of nitrogens with one attached hydrogen (secondary N) is 1. The molecule has 120 valence electrons. The molecule has 1 aliphatic rings. The van der Waals surface area contributed by atoms with E-state index in [9.17, 15) is 5.11 Å². The second-order valence-corrected chi connectivity index (χ2v) is 5.66. The fraction of sp³-hybridized carbons (Fsp3) is 0.235. The molecule has 0 radical (unpaired) electrons. The van der Waals surface area contributed by atoms with E-state index >= 15 is 0 Å². The molecule has 2 aromatic rings. The molecule has 1 atom stereocenters. The van der Waals surface area contributed by atoms with Gasteiger partial charge in [-0.15, -0.1) is 0 Å². The average molecular weight is 333 g/mol. The van der Waals surface area contributed by atoms with Crippen LogP contribution in [0.4, 0.5) is 0 Å². The van der Waals surface area contributed by atoms with Crippen LogP contribution in [0, 0.1) is 0 Å². The Morgan fingerprint density at radius 3 is 2.65 bits per heavy atom. The molecule has 0 saturated heterocycles. The van der Waals surface area contributed by atoms with E-state index in [0.29, 0.717) is 28.5 Å². The molecule has 0 bridgehead atoms. The molecule has 1 aliphatic heterocycles. The molecular weight excluding hydrogens is 316 g/mol. The highest BCUT2D eigenvalue weighted by molar-refractivity contribution is 6.31. The smallest absolute Gasteiger partial charge is 0.161 e. The minimum absolute atomic E-state index is 0.00295. The number of aromatic hydroxyl groups is 1. The first-order valence-electron chi connectivity index (χ1n) is 7.15. The molecule has 0 aliphatic carbocycles. The van der Waals surface area contributed by atoms with Crippen molar-refractivity contribution in [2.45, 2.75) is 12.5 Å². The van der Waals surface area contributed by atoms with E-state index in [1.807, 2.05) is 18.2 Å². The molecule has 2 N–H and O–H groups in total. The number of nitrogens with zero attached hydrogens (tertiary/aromatic N) is 1. The van der Waals surface area contributed by atoms with E-state index in [4.69, 9.17) is 21.1 Å². The molecule has 3 rings (SSSR count). The molecule has 1 heterocycles. The normalized spacial score (nSPS) is 16.7. The number of hydrogen-bond donors (Lipinski definition) is 2. The first-order chi connectivity index (χ1) is 11.1. The standard InChI is InChI=1S/C17H17ClN2O3/c1-22-16-6-3-10(7-17(16)23-2)13-9-14(20-19-13)12-8-11(18)4-5-15(12)21/h3-8,13,19,21H,9H2,1-2H3/t13-/m0/s1. The van der Waals surface area contributed by atoms with E-state index in [0.717, 1.165) is 11.3 Å². The van der Waals surface area contributed by atoms with Gasteiger partial charge < -0.3 is 20.0 Å². The van der Waals surface area contributed by atoms with Gasteiger partial charge in [0, 0.05) is 17.0 Å². The van der Waals surface area contributed by atoms with Gasteiger partial charge in [-0.05, 0) is 35.9 Å². The van der Waals surface area contributed by atoms with Crippen molar-refractivity contribution >= 4 is 17.3 Å². The van der Waals surface area contributed by atoms with Crippen molar-refractivity contribution in [3.63, 3.8) is 0 Å². The third-order valence-electron chi connectivity index (χ3n) is 3.83. The summed E-state index contributed by atoms with van der Waals surface area (Å²) in [5, 5.41) is 14.9. The zero-order valence-corrected chi connectivity index (χ0v) is 13.6. The zero-order chi connectivity index (χ0) is 16.4. The molecular formula is C17H17ClN2O3. The van der Waals surface area contributed by atoms with E-state index < -0.39 is 0 Å². The lowest BCUT2D eigenvalue weighted by Crippen LogP contribution is -2.10. The number of rotatable bonds is 4. The monoisotopic (exact) mass is 332 g/mol. The summed E-state index contributed by atoms with van der Waals surface area (Å²) in [6, 6.07) is 10.7. The maximum Gasteiger partial charge on any atom is 0.161 e. The van der Waals surface area contributed by atoms with Crippen LogP contribution in [0.1, 0.15) is 23.6 Å². The van der Waals surface area contributed by atoms with Gasteiger partial charge in [-0.3, -0.25) is 0 Å². The average Bonchev–Trinajstić information content (AvgIpc) is 3.06. The Hall–Kier alpha value is -2.40. The summed E-state index contributed by atoms with van der Waals surface area (Å²) >= 11 is 6.00. The predicted octanol–water partition coefficient (Wildman–Crippen LogP) is 3.50. The molecule has 6 heteroatoms. The maximum absolute atomic E-state index is 10.00. The van der Waals surface area contributed by atoms with Gasteiger partial charge in [-0.2, -0.15) is 5.10 Å². The van der Waals surface area contributed by atoms with Crippen LogP contribution in [-0.2, 0) is 0 Å². The molecule has 0 fully saturated rings. The predicted molar refractivity (Wildman–Crippen MR) is 89.7 cm³/mol. The Balaban J connectivity index is 1.83. The highest BCUT2D eigenvalue weighted by Crippen LogP contribution is 2.34. The van der Waals surface area contributed by atoms with Crippen LogP contribution < -0.4 is 14.9 Å². The summed E-state index contributed by atoms with van der Waals surface area (Å²) in [7, 11) is 3.21. The summed E-state index contributed by atoms with van der Waals surface area (Å²) < 4.78 is 10.6. The van der Waals surface area contributed by atoms with Crippen LogP contribution >= 0.6 is 11.6 Å². The summed E-state index contributed by atoms with van der Waals surface area (Å²) in [4.78, 5) is 0. The van der Waals surface area contributed by atoms with Gasteiger partial charge in [0.2, 0.25) is 0 Å². The van der Waals surface area contributed by atoms with Crippen LogP contribution in [-0.4, -0.2) is 25.0 Å². The Labute approximate surface area is 139 Å². The lowest BCUT2D eigenvalue weighted by atomic mass is 9.98. The van der Waals surface area contributed by atoms with Crippen LogP contribution in [0.5, 0.6) is 17.2 Å². The molecule has 0 amide bonds. The number of phenolic OH excluding ortho intramolecular Hbond substituents is 1. The van der Waals surface area contributed by atoms with Crippen molar-refractivity contribution in [3.05, 3.63) is 52.5 Å². The SMILES string of the molecule is COc1ccc([C@@H]2CC(c3cc(Cl)ccc3O)=NN2)cc1OC. The van der Waals surface area contributed by atoms with Crippen molar-refractivity contribution in [2.75, 3.05) is 14.2 Å². The zero-order valence-electron chi connectivity index (χ0n) is 12.8. The first-order valence-corrected chi connectivity index (χ1v) is 7.53. The maximum atomic E-state index is 10.00. The molecule has 23 heavy (non-hydrogen) atoms. The largest absolute Gasteiger partial charge is 0.507 e. The van der Waals surface area contributed by atoms with Crippen molar-refractivity contribution in [1.82, 2.24) is 5.43 Å². The summed E-state index contributed by atoms with van der Waals surface area (Å²) in [6.07, 6.45) is 0.642. The fourth-order valence-electron chi connectivity index (χ4n) is 2.61. The van der Waals surface area contributed by atoms with Gasteiger partial charge in [0.15, 0.2) is 11.5 Å². The molecule has 0 aromatic heterocycles. The van der Waals surface area contributed by atoms with Crippen molar-refractivity contribution < 1.29 is 14.6 Å². The number of hydrazone groups is 1. The topological polar surface area (TPSA) is 63.1 Å². The number of ether oxygens (including phenoxy) is 2. The summed E-state index contributed by atoms with van der Waals surface area (Å²) in [5.41, 5.74) is 5.54. The fourth-order valence-corrected chi connectivity index (χ4v) is 2.78. The lowest BCUT2D eigenvalue weighted by Gasteiger charge is -2.14. The molecule has 0 spiro atoms. The molecule has 5 nitrogen and oxygen atoms in total. The Bertz CT molecular complexity index is 761. The van der Waals surface area contributed by atoms with E-state index in [-0.39, 0.29) is 11.8 Å². The minimum Gasteiger partial charge on any atom is -0.507 e. The lowest BCUT2D eigenvalue weighted by molar-refractivity contribution is 0.354.